The van der Waals surface area contributed by atoms with Gasteiger partial charge in [0.05, 0.1) is 18.7 Å². The quantitative estimate of drug-likeness (QED) is 0.131. The monoisotopic (exact) mass is 518 g/mol. The van der Waals surface area contributed by atoms with Gasteiger partial charge in [0.2, 0.25) is 5.96 Å². The standard InChI is InChI=1S/C25H39ClN8O2/c1-27-14-17-36-18-15-33-25(34-24(28-2)31-12-5-6-16-35)32-11-4-3-10-29-22-9-13-30-23-19-20(26)7-8-21(22)23/h7-9,13,19,27,35H,2-6,10-12,14-18H2,1H3,(H,29,30)(H2,31,32,33,34). The van der Waals surface area contributed by atoms with E-state index in [1.807, 2.05) is 31.3 Å². The number of pyridine rings is 1. The molecule has 1 aromatic heterocycles. The van der Waals surface area contributed by atoms with Crippen LogP contribution in [0.25, 0.3) is 10.9 Å². The van der Waals surface area contributed by atoms with Gasteiger partial charge < -0.3 is 25.8 Å². The van der Waals surface area contributed by atoms with Crippen molar-refractivity contribution in [2.75, 3.05) is 64.9 Å². The van der Waals surface area contributed by atoms with E-state index in [0.717, 1.165) is 48.9 Å². The van der Waals surface area contributed by atoms with Crippen LogP contribution in [0, 0.1) is 0 Å². The number of guanidine groups is 2. The zero-order valence-electron chi connectivity index (χ0n) is 21.1. The first-order chi connectivity index (χ1) is 17.7. The van der Waals surface area contributed by atoms with E-state index < -0.39 is 0 Å². The summed E-state index contributed by atoms with van der Waals surface area (Å²) in [6, 6.07) is 7.70. The SMILES string of the molecule is C=NC(=NCCCCO)NC(=NCCCCNc1ccnc2cc(Cl)ccc12)NCCOCCNC. The number of nitrogens with zero attached hydrogens (tertiary/aromatic N) is 4. The molecule has 0 aliphatic carbocycles. The highest BCUT2D eigenvalue weighted by Crippen LogP contribution is 2.24. The van der Waals surface area contributed by atoms with Gasteiger partial charge in [0.25, 0.3) is 0 Å². The Bertz CT molecular complexity index is 970. The summed E-state index contributed by atoms with van der Waals surface area (Å²) in [6.45, 7) is 8.38. The van der Waals surface area contributed by atoms with Crippen LogP contribution in [0.2, 0.25) is 5.02 Å². The molecule has 5 N–H and O–H groups in total. The Morgan fingerprint density at radius 1 is 1.06 bits per heavy atom. The number of benzene rings is 1. The van der Waals surface area contributed by atoms with Crippen molar-refractivity contribution in [2.45, 2.75) is 25.7 Å². The lowest BCUT2D eigenvalue weighted by molar-refractivity contribution is 0.142. The number of fused-ring (bicyclic) bond motifs is 1. The van der Waals surface area contributed by atoms with Crippen LogP contribution in [0.4, 0.5) is 5.69 Å². The number of halogens is 1. The minimum Gasteiger partial charge on any atom is -0.396 e. The van der Waals surface area contributed by atoms with E-state index in [-0.39, 0.29) is 6.61 Å². The number of anilines is 1. The Morgan fingerprint density at radius 2 is 1.86 bits per heavy atom. The number of nitrogens with one attached hydrogen (secondary N) is 4. The van der Waals surface area contributed by atoms with Crippen molar-refractivity contribution >= 4 is 46.8 Å². The molecular weight excluding hydrogens is 480 g/mol. The van der Waals surface area contributed by atoms with Gasteiger partial charge in [0, 0.05) is 61.6 Å². The molecule has 0 aliphatic rings. The summed E-state index contributed by atoms with van der Waals surface area (Å²) in [7, 11) is 1.89. The lowest BCUT2D eigenvalue weighted by Gasteiger charge is -2.13. The van der Waals surface area contributed by atoms with Crippen LogP contribution in [-0.4, -0.2) is 88.3 Å². The fraction of sp³-hybridized carbons (Fsp3) is 0.520. The van der Waals surface area contributed by atoms with Crippen molar-refractivity contribution in [3.05, 3.63) is 35.5 Å². The summed E-state index contributed by atoms with van der Waals surface area (Å²) in [5.41, 5.74) is 1.92. The number of hydrogen-bond donors (Lipinski definition) is 5. The van der Waals surface area contributed by atoms with Crippen molar-refractivity contribution in [3.63, 3.8) is 0 Å². The average Bonchev–Trinajstić information content (AvgIpc) is 2.89. The van der Waals surface area contributed by atoms with Gasteiger partial charge in [-0.05, 0) is 63.7 Å². The van der Waals surface area contributed by atoms with E-state index in [9.17, 15) is 0 Å². The number of likely N-dealkylation sites (N-methyl/N-ethyl adjacent to an activating group) is 1. The summed E-state index contributed by atoms with van der Waals surface area (Å²) in [6.07, 6.45) is 5.12. The molecule has 0 fully saturated rings. The normalized spacial score (nSPS) is 12.1. The third-order valence-electron chi connectivity index (χ3n) is 5.12. The first-order valence-corrected chi connectivity index (χ1v) is 12.7. The molecule has 0 aliphatic heterocycles. The van der Waals surface area contributed by atoms with Crippen molar-refractivity contribution in [3.8, 4) is 0 Å². The summed E-state index contributed by atoms with van der Waals surface area (Å²) < 4.78 is 5.57. The van der Waals surface area contributed by atoms with E-state index in [1.165, 1.54) is 0 Å². The Balaban J connectivity index is 1.83. The third-order valence-corrected chi connectivity index (χ3v) is 5.35. The van der Waals surface area contributed by atoms with Crippen LogP contribution in [0.15, 0.2) is 45.4 Å². The van der Waals surface area contributed by atoms with Gasteiger partial charge in [-0.15, -0.1) is 0 Å². The highest BCUT2D eigenvalue weighted by atomic mass is 35.5. The second-order valence-corrected chi connectivity index (χ2v) is 8.38. The molecule has 0 unspecified atom stereocenters. The minimum atomic E-state index is 0.155. The Morgan fingerprint density at radius 3 is 2.67 bits per heavy atom. The van der Waals surface area contributed by atoms with Gasteiger partial charge in [-0.3, -0.25) is 20.3 Å². The molecule has 0 saturated carbocycles. The van der Waals surface area contributed by atoms with Crippen molar-refractivity contribution in [2.24, 2.45) is 15.0 Å². The molecule has 198 valence electrons. The van der Waals surface area contributed by atoms with Crippen molar-refractivity contribution in [1.82, 2.24) is 20.9 Å². The van der Waals surface area contributed by atoms with Gasteiger partial charge in [-0.2, -0.15) is 0 Å². The number of unbranched alkanes of at least 4 members (excludes halogenated alkanes) is 2. The highest BCUT2D eigenvalue weighted by Gasteiger charge is 2.04. The number of hydrogen-bond acceptors (Lipinski definition) is 7. The molecule has 36 heavy (non-hydrogen) atoms. The summed E-state index contributed by atoms with van der Waals surface area (Å²) >= 11 is 6.08. The van der Waals surface area contributed by atoms with Gasteiger partial charge in [0.1, 0.15) is 0 Å². The van der Waals surface area contributed by atoms with E-state index in [0.29, 0.717) is 56.2 Å². The average molecular weight is 519 g/mol. The molecule has 1 aromatic carbocycles. The van der Waals surface area contributed by atoms with E-state index in [1.54, 1.807) is 6.20 Å². The molecule has 2 aromatic rings. The largest absolute Gasteiger partial charge is 0.396 e. The van der Waals surface area contributed by atoms with Gasteiger partial charge in [-0.25, -0.2) is 4.99 Å². The van der Waals surface area contributed by atoms with Gasteiger partial charge >= 0.3 is 0 Å². The number of aliphatic hydroxyl groups is 1. The predicted octanol–water partition coefficient (Wildman–Crippen LogP) is 2.68. The predicted molar refractivity (Wildman–Crippen MR) is 151 cm³/mol. The molecule has 10 nitrogen and oxygen atoms in total. The number of rotatable bonds is 16. The van der Waals surface area contributed by atoms with Crippen LogP contribution in [0.5, 0.6) is 0 Å². The van der Waals surface area contributed by atoms with Crippen LogP contribution >= 0.6 is 11.6 Å². The molecule has 1 heterocycles. The molecule has 0 amide bonds. The van der Waals surface area contributed by atoms with Gasteiger partial charge in [0.15, 0.2) is 5.96 Å². The first kappa shape index (κ1) is 29.4. The van der Waals surface area contributed by atoms with Crippen LogP contribution in [0.3, 0.4) is 0 Å². The molecule has 0 radical (unpaired) electrons. The Hall–Kier alpha value is -2.79. The van der Waals surface area contributed by atoms with E-state index >= 15 is 0 Å². The maximum absolute atomic E-state index is 8.93. The van der Waals surface area contributed by atoms with E-state index in [4.69, 9.17) is 21.4 Å². The summed E-state index contributed by atoms with van der Waals surface area (Å²) in [5.74, 6) is 0.993. The van der Waals surface area contributed by atoms with Crippen molar-refractivity contribution in [1.29, 1.82) is 0 Å². The third kappa shape index (κ3) is 11.8. The molecule has 2 rings (SSSR count). The van der Waals surface area contributed by atoms with E-state index in [2.05, 4.69) is 47.9 Å². The fourth-order valence-electron chi connectivity index (χ4n) is 3.23. The second-order valence-electron chi connectivity index (χ2n) is 7.95. The van der Waals surface area contributed by atoms with Crippen LogP contribution in [0.1, 0.15) is 25.7 Å². The van der Waals surface area contributed by atoms with Crippen LogP contribution in [-0.2, 0) is 4.74 Å². The maximum atomic E-state index is 8.93. The lowest BCUT2D eigenvalue weighted by Crippen LogP contribution is -2.42. The summed E-state index contributed by atoms with van der Waals surface area (Å²) in [5, 5.41) is 23.6. The smallest absolute Gasteiger partial charge is 0.224 e. The zero-order chi connectivity index (χ0) is 25.8. The maximum Gasteiger partial charge on any atom is 0.224 e. The number of ether oxygens (including phenoxy) is 1. The Kier molecular flexibility index (Phi) is 15.1. The van der Waals surface area contributed by atoms with Crippen LogP contribution < -0.4 is 21.3 Å². The number of aliphatic hydroxyl groups excluding tert-OH is 1. The summed E-state index contributed by atoms with van der Waals surface area (Å²) in [4.78, 5) is 17.4. The molecule has 0 spiro atoms. The van der Waals surface area contributed by atoms with Crippen molar-refractivity contribution < 1.29 is 9.84 Å². The minimum absolute atomic E-state index is 0.155. The first-order valence-electron chi connectivity index (χ1n) is 12.4. The molecule has 0 atom stereocenters. The molecular formula is C25H39ClN8O2. The fourth-order valence-corrected chi connectivity index (χ4v) is 3.39. The van der Waals surface area contributed by atoms with Gasteiger partial charge in [-0.1, -0.05) is 11.6 Å². The lowest BCUT2D eigenvalue weighted by atomic mass is 10.2. The molecule has 11 heteroatoms. The number of aromatic nitrogens is 1. The topological polar surface area (TPSA) is 128 Å². The molecule has 0 bridgehead atoms. The number of aliphatic imine (C=N–C) groups is 3. The Labute approximate surface area is 218 Å². The zero-order valence-corrected chi connectivity index (χ0v) is 21.9. The molecule has 0 saturated heterocycles. The highest BCUT2D eigenvalue weighted by molar-refractivity contribution is 6.31. The second kappa shape index (κ2) is 18.5.